The summed E-state index contributed by atoms with van der Waals surface area (Å²) in [6, 6.07) is 0.155. The van der Waals surface area contributed by atoms with Crippen LogP contribution < -0.4 is 0 Å². The lowest BCUT2D eigenvalue weighted by molar-refractivity contribution is 0.206. The summed E-state index contributed by atoms with van der Waals surface area (Å²) < 4.78 is 0. The van der Waals surface area contributed by atoms with Gasteiger partial charge in [-0.15, -0.1) is 23.5 Å². The van der Waals surface area contributed by atoms with Gasteiger partial charge in [0.1, 0.15) is 5.76 Å². The van der Waals surface area contributed by atoms with E-state index in [1.807, 2.05) is 23.5 Å². The molecule has 0 aliphatic carbocycles. The maximum Gasteiger partial charge on any atom is 0.103 e. The molecule has 0 radical (unpaired) electrons. The van der Waals surface area contributed by atoms with Crippen LogP contribution in [0.5, 0.6) is 0 Å². The van der Waals surface area contributed by atoms with Crippen LogP contribution in [-0.4, -0.2) is 44.1 Å². The van der Waals surface area contributed by atoms with Crippen molar-refractivity contribution in [2.24, 2.45) is 0 Å². The summed E-state index contributed by atoms with van der Waals surface area (Å²) in [5.41, 5.74) is 0. The molecular formula is C8H13NOS3. The van der Waals surface area contributed by atoms with Gasteiger partial charge in [0.2, 0.25) is 0 Å². The van der Waals surface area contributed by atoms with Crippen molar-refractivity contribution in [3.05, 3.63) is 12.3 Å². The highest BCUT2D eigenvalue weighted by Gasteiger charge is 2.44. The molecule has 0 amide bonds. The molecule has 2 rings (SSSR count). The van der Waals surface area contributed by atoms with Crippen LogP contribution in [0, 0.1) is 0 Å². The van der Waals surface area contributed by atoms with E-state index in [2.05, 4.69) is 24.1 Å². The van der Waals surface area contributed by atoms with E-state index in [1.54, 1.807) is 0 Å². The summed E-state index contributed by atoms with van der Waals surface area (Å²) in [4.78, 5) is 2.35. The number of fused-ring (bicyclic) bond motifs is 1. The molecule has 5 heteroatoms. The lowest BCUT2D eigenvalue weighted by atomic mass is 10.2. The van der Waals surface area contributed by atoms with Gasteiger partial charge in [-0.1, -0.05) is 6.58 Å². The Morgan fingerprint density at radius 3 is 2.92 bits per heavy atom. The molecule has 3 atom stereocenters. The number of hydrogen-bond donors (Lipinski definition) is 2. The molecule has 74 valence electrons. The summed E-state index contributed by atoms with van der Waals surface area (Å²) in [6.07, 6.45) is 0. The van der Waals surface area contributed by atoms with Crippen molar-refractivity contribution in [1.82, 2.24) is 4.90 Å². The van der Waals surface area contributed by atoms with Crippen molar-refractivity contribution in [2.45, 2.75) is 16.8 Å². The van der Waals surface area contributed by atoms with Gasteiger partial charge in [-0.2, -0.15) is 12.6 Å². The number of thiol groups is 1. The predicted molar refractivity (Wildman–Crippen MR) is 63.7 cm³/mol. The molecule has 2 fully saturated rings. The lowest BCUT2D eigenvalue weighted by Crippen LogP contribution is -2.40. The average Bonchev–Trinajstić information content (AvgIpc) is 2.61. The first-order chi connectivity index (χ1) is 6.24. The quantitative estimate of drug-likeness (QED) is 0.563. The van der Waals surface area contributed by atoms with E-state index in [1.165, 1.54) is 0 Å². The Labute approximate surface area is 92.5 Å². The van der Waals surface area contributed by atoms with Gasteiger partial charge in [-0.25, -0.2) is 0 Å². The van der Waals surface area contributed by atoms with Crippen molar-refractivity contribution >= 4 is 36.2 Å². The first kappa shape index (κ1) is 10.1. The highest BCUT2D eigenvalue weighted by molar-refractivity contribution is 8.04. The minimum Gasteiger partial charge on any atom is -0.511 e. The van der Waals surface area contributed by atoms with Gasteiger partial charge in [0.25, 0.3) is 0 Å². The van der Waals surface area contributed by atoms with Crippen LogP contribution >= 0.6 is 36.2 Å². The minimum absolute atomic E-state index is 0.155. The number of hydrogen-bond acceptors (Lipinski definition) is 5. The Kier molecular flexibility index (Phi) is 3.07. The first-order valence-corrected chi connectivity index (χ1v) is 6.96. The van der Waals surface area contributed by atoms with Gasteiger partial charge in [-0.3, -0.25) is 4.90 Å². The van der Waals surface area contributed by atoms with Crippen LogP contribution in [0.2, 0.25) is 0 Å². The molecular weight excluding hydrogens is 222 g/mol. The smallest absolute Gasteiger partial charge is 0.103 e. The van der Waals surface area contributed by atoms with Gasteiger partial charge in [-0.05, 0) is 0 Å². The summed E-state index contributed by atoms with van der Waals surface area (Å²) >= 11 is 8.17. The third-order valence-electron chi connectivity index (χ3n) is 2.44. The highest BCUT2D eigenvalue weighted by Crippen LogP contribution is 2.43. The molecule has 2 aliphatic heterocycles. The van der Waals surface area contributed by atoms with Gasteiger partial charge < -0.3 is 5.11 Å². The van der Waals surface area contributed by atoms with Gasteiger partial charge in [0.05, 0.1) is 16.8 Å². The molecule has 13 heavy (non-hydrogen) atoms. The maximum absolute atomic E-state index is 9.43. The summed E-state index contributed by atoms with van der Waals surface area (Å²) in [5, 5.41) is 10.5. The first-order valence-electron chi connectivity index (χ1n) is 4.23. The molecule has 1 N–H and O–H groups in total. The number of thioether (sulfide) groups is 2. The van der Waals surface area contributed by atoms with Crippen LogP contribution in [0.4, 0.5) is 0 Å². The molecule has 2 heterocycles. The molecule has 0 aromatic heterocycles. The minimum atomic E-state index is 0.155. The number of aliphatic hydroxyl groups is 1. The molecule has 0 bridgehead atoms. The van der Waals surface area contributed by atoms with Crippen LogP contribution in [0.3, 0.4) is 0 Å². The van der Waals surface area contributed by atoms with Crippen LogP contribution in [0.25, 0.3) is 0 Å². The van der Waals surface area contributed by atoms with Crippen molar-refractivity contribution in [3.63, 3.8) is 0 Å². The zero-order chi connectivity index (χ0) is 9.42. The Bertz CT molecular complexity index is 223. The molecule has 0 aromatic carbocycles. The maximum atomic E-state index is 9.43. The fourth-order valence-corrected chi connectivity index (χ4v) is 5.36. The topological polar surface area (TPSA) is 23.5 Å². The second-order valence-electron chi connectivity index (χ2n) is 3.21. The lowest BCUT2D eigenvalue weighted by Gasteiger charge is -2.26. The summed E-state index contributed by atoms with van der Waals surface area (Å²) in [5.74, 6) is 3.29. The fraction of sp³-hybridized carbons (Fsp3) is 0.750. The second kappa shape index (κ2) is 3.96. The molecule has 0 aromatic rings. The fourth-order valence-electron chi connectivity index (χ4n) is 1.79. The Morgan fingerprint density at radius 1 is 1.54 bits per heavy atom. The number of aliphatic hydroxyl groups excluding tert-OH is 1. The second-order valence-corrected chi connectivity index (χ2v) is 6.00. The van der Waals surface area contributed by atoms with Crippen molar-refractivity contribution in [1.29, 1.82) is 0 Å². The molecule has 2 saturated heterocycles. The van der Waals surface area contributed by atoms with Crippen LogP contribution in [0.1, 0.15) is 0 Å². The van der Waals surface area contributed by atoms with Crippen LogP contribution in [0.15, 0.2) is 12.3 Å². The van der Waals surface area contributed by atoms with E-state index in [0.717, 1.165) is 17.3 Å². The van der Waals surface area contributed by atoms with Crippen LogP contribution in [-0.2, 0) is 0 Å². The van der Waals surface area contributed by atoms with E-state index < -0.39 is 0 Å². The molecule has 0 unspecified atom stereocenters. The third kappa shape index (κ3) is 1.71. The van der Waals surface area contributed by atoms with Crippen molar-refractivity contribution < 1.29 is 5.11 Å². The SMILES string of the molecule is C=C(O)[C@@H]1CS[C@H]2CS[C@H](CS)N21. The largest absolute Gasteiger partial charge is 0.511 e. The van der Waals surface area contributed by atoms with Crippen molar-refractivity contribution in [2.75, 3.05) is 17.3 Å². The van der Waals surface area contributed by atoms with Gasteiger partial charge >= 0.3 is 0 Å². The monoisotopic (exact) mass is 235 g/mol. The van der Waals surface area contributed by atoms with E-state index in [-0.39, 0.29) is 6.04 Å². The third-order valence-corrected chi connectivity index (χ3v) is 5.85. The normalized spacial score (nSPS) is 39.3. The average molecular weight is 235 g/mol. The zero-order valence-electron chi connectivity index (χ0n) is 7.22. The standard InChI is InChI=1S/C8H13NOS3/c1-5(10)6-3-12-8-4-13-7(2-11)9(6)8/h6-8,10-11H,1-4H2/t6-,7+,8-/m0/s1. The predicted octanol–water partition coefficient (Wildman–Crippen LogP) is 1.80. The van der Waals surface area contributed by atoms with E-state index in [9.17, 15) is 5.11 Å². The number of nitrogens with zero attached hydrogens (tertiary/aromatic N) is 1. The van der Waals surface area contributed by atoms with Gasteiger partial charge in [0.15, 0.2) is 0 Å². The molecule has 2 aliphatic rings. The Balaban J connectivity index is 2.12. The molecule has 2 nitrogen and oxygen atoms in total. The van der Waals surface area contributed by atoms with E-state index in [4.69, 9.17) is 0 Å². The molecule has 0 spiro atoms. The highest BCUT2D eigenvalue weighted by atomic mass is 32.2. The Morgan fingerprint density at radius 2 is 2.31 bits per heavy atom. The van der Waals surface area contributed by atoms with E-state index >= 15 is 0 Å². The zero-order valence-corrected chi connectivity index (χ0v) is 9.75. The van der Waals surface area contributed by atoms with E-state index in [0.29, 0.717) is 16.5 Å². The summed E-state index contributed by atoms with van der Waals surface area (Å²) in [6.45, 7) is 3.63. The Hall–Kier alpha value is 0.550. The number of rotatable bonds is 2. The molecule has 0 saturated carbocycles. The van der Waals surface area contributed by atoms with Gasteiger partial charge in [0, 0.05) is 17.3 Å². The summed E-state index contributed by atoms with van der Waals surface area (Å²) in [7, 11) is 0. The van der Waals surface area contributed by atoms with Crippen molar-refractivity contribution in [3.8, 4) is 0 Å².